The third-order valence-electron chi connectivity index (χ3n) is 1.85. The molecular formula is C10H14BrNS. The van der Waals surface area contributed by atoms with E-state index in [1.54, 1.807) is 11.8 Å². The van der Waals surface area contributed by atoms with Crippen molar-refractivity contribution in [1.82, 2.24) is 0 Å². The lowest BCUT2D eigenvalue weighted by Gasteiger charge is -2.20. The average molecular weight is 260 g/mol. The van der Waals surface area contributed by atoms with E-state index >= 15 is 0 Å². The SMILES string of the molecule is CSc1cc(Br)cc(C(C)(C)N)c1. The van der Waals surface area contributed by atoms with Crippen LogP contribution in [-0.2, 0) is 5.54 Å². The van der Waals surface area contributed by atoms with E-state index < -0.39 is 0 Å². The zero-order valence-electron chi connectivity index (χ0n) is 8.10. The van der Waals surface area contributed by atoms with Gasteiger partial charge in [-0.1, -0.05) is 15.9 Å². The summed E-state index contributed by atoms with van der Waals surface area (Å²) < 4.78 is 1.09. The van der Waals surface area contributed by atoms with E-state index in [4.69, 9.17) is 5.73 Å². The van der Waals surface area contributed by atoms with Crippen LogP contribution in [0.1, 0.15) is 19.4 Å². The zero-order valence-corrected chi connectivity index (χ0v) is 10.5. The van der Waals surface area contributed by atoms with Crippen LogP contribution in [0.4, 0.5) is 0 Å². The third kappa shape index (κ3) is 3.01. The Labute approximate surface area is 92.2 Å². The molecule has 0 aliphatic rings. The monoisotopic (exact) mass is 259 g/mol. The molecule has 0 aliphatic heterocycles. The topological polar surface area (TPSA) is 26.0 Å². The Morgan fingerprint density at radius 2 is 1.92 bits per heavy atom. The predicted molar refractivity (Wildman–Crippen MR) is 63.1 cm³/mol. The Morgan fingerprint density at radius 3 is 2.38 bits per heavy atom. The Bertz CT molecular complexity index is 304. The van der Waals surface area contributed by atoms with Crippen molar-refractivity contribution in [1.29, 1.82) is 0 Å². The minimum atomic E-state index is -0.270. The fourth-order valence-electron chi connectivity index (χ4n) is 1.05. The largest absolute Gasteiger partial charge is 0.322 e. The number of thioether (sulfide) groups is 1. The zero-order chi connectivity index (χ0) is 10.1. The summed E-state index contributed by atoms with van der Waals surface area (Å²) in [7, 11) is 0. The van der Waals surface area contributed by atoms with E-state index in [9.17, 15) is 0 Å². The molecule has 1 aromatic rings. The first-order chi connectivity index (χ1) is 5.93. The Balaban J connectivity index is 3.16. The molecule has 0 spiro atoms. The maximum Gasteiger partial charge on any atom is 0.0353 e. The Hall–Kier alpha value is 0.01000. The number of benzene rings is 1. The van der Waals surface area contributed by atoms with Crippen LogP contribution in [0.15, 0.2) is 27.6 Å². The van der Waals surface area contributed by atoms with Crippen molar-refractivity contribution < 1.29 is 0 Å². The van der Waals surface area contributed by atoms with Crippen molar-refractivity contribution in [2.24, 2.45) is 5.73 Å². The first-order valence-corrected chi connectivity index (χ1v) is 6.09. The first kappa shape index (κ1) is 11.1. The molecule has 0 fully saturated rings. The van der Waals surface area contributed by atoms with E-state index in [0.29, 0.717) is 0 Å². The molecule has 1 nitrogen and oxygen atoms in total. The van der Waals surface area contributed by atoms with Gasteiger partial charge in [0.2, 0.25) is 0 Å². The molecular weight excluding hydrogens is 246 g/mol. The highest BCUT2D eigenvalue weighted by molar-refractivity contribution is 9.10. The lowest BCUT2D eigenvalue weighted by Crippen LogP contribution is -2.28. The molecule has 0 saturated heterocycles. The van der Waals surface area contributed by atoms with E-state index in [2.05, 4.69) is 40.4 Å². The van der Waals surface area contributed by atoms with Gasteiger partial charge >= 0.3 is 0 Å². The highest BCUT2D eigenvalue weighted by atomic mass is 79.9. The molecule has 0 unspecified atom stereocenters. The predicted octanol–water partition coefficient (Wildman–Crippen LogP) is 3.36. The van der Waals surface area contributed by atoms with Gasteiger partial charge in [-0.15, -0.1) is 11.8 Å². The van der Waals surface area contributed by atoms with Gasteiger partial charge in [-0.2, -0.15) is 0 Å². The van der Waals surface area contributed by atoms with Gasteiger partial charge in [0.25, 0.3) is 0 Å². The molecule has 0 atom stereocenters. The number of hydrogen-bond donors (Lipinski definition) is 1. The molecule has 72 valence electrons. The van der Waals surface area contributed by atoms with Crippen molar-refractivity contribution >= 4 is 27.7 Å². The van der Waals surface area contributed by atoms with Crippen molar-refractivity contribution in [3.63, 3.8) is 0 Å². The smallest absolute Gasteiger partial charge is 0.0353 e. The highest BCUT2D eigenvalue weighted by Crippen LogP contribution is 2.27. The third-order valence-corrected chi connectivity index (χ3v) is 3.02. The number of rotatable bonds is 2. The normalized spacial score (nSPS) is 11.8. The molecule has 13 heavy (non-hydrogen) atoms. The van der Waals surface area contributed by atoms with Crippen LogP contribution in [-0.4, -0.2) is 6.26 Å². The van der Waals surface area contributed by atoms with E-state index in [1.165, 1.54) is 4.90 Å². The molecule has 1 rings (SSSR count). The molecule has 0 aliphatic carbocycles. The lowest BCUT2D eigenvalue weighted by molar-refractivity contribution is 0.553. The summed E-state index contributed by atoms with van der Waals surface area (Å²) in [6, 6.07) is 6.30. The summed E-state index contributed by atoms with van der Waals surface area (Å²) in [5, 5.41) is 0. The van der Waals surface area contributed by atoms with Gasteiger partial charge < -0.3 is 5.73 Å². The molecule has 2 N–H and O–H groups in total. The van der Waals surface area contributed by atoms with Crippen LogP contribution in [0.2, 0.25) is 0 Å². The van der Waals surface area contributed by atoms with Gasteiger partial charge in [-0.3, -0.25) is 0 Å². The second-order valence-corrected chi connectivity index (χ2v) is 5.40. The first-order valence-electron chi connectivity index (χ1n) is 4.07. The van der Waals surface area contributed by atoms with Crippen molar-refractivity contribution in [2.75, 3.05) is 6.26 Å². The Morgan fingerprint density at radius 1 is 1.31 bits per heavy atom. The summed E-state index contributed by atoms with van der Waals surface area (Å²) in [5.74, 6) is 0. The summed E-state index contributed by atoms with van der Waals surface area (Å²) in [6.45, 7) is 4.03. The Kier molecular flexibility index (Phi) is 3.44. The van der Waals surface area contributed by atoms with Gasteiger partial charge in [0.1, 0.15) is 0 Å². The van der Waals surface area contributed by atoms with Gasteiger partial charge in [0.05, 0.1) is 0 Å². The minimum Gasteiger partial charge on any atom is -0.322 e. The average Bonchev–Trinajstić information content (AvgIpc) is 2.01. The standard InChI is InChI=1S/C10H14BrNS/c1-10(2,12)7-4-8(11)6-9(5-7)13-3/h4-6H,12H2,1-3H3. The molecule has 0 amide bonds. The van der Waals surface area contributed by atoms with Gasteiger partial charge in [0.15, 0.2) is 0 Å². The second kappa shape index (κ2) is 4.03. The van der Waals surface area contributed by atoms with Crippen LogP contribution in [0.3, 0.4) is 0 Å². The summed E-state index contributed by atoms with van der Waals surface area (Å²) in [4.78, 5) is 1.24. The van der Waals surface area contributed by atoms with E-state index in [-0.39, 0.29) is 5.54 Å². The molecule has 0 radical (unpaired) electrons. The van der Waals surface area contributed by atoms with Crippen molar-refractivity contribution in [2.45, 2.75) is 24.3 Å². The molecule has 1 aromatic carbocycles. The fourth-order valence-corrected chi connectivity index (χ4v) is 2.19. The highest BCUT2D eigenvalue weighted by Gasteiger charge is 2.14. The summed E-state index contributed by atoms with van der Waals surface area (Å²) >= 11 is 5.21. The van der Waals surface area contributed by atoms with Crippen molar-refractivity contribution in [3.8, 4) is 0 Å². The number of halogens is 1. The molecule has 3 heteroatoms. The molecule has 0 heterocycles. The lowest BCUT2D eigenvalue weighted by atomic mass is 9.96. The maximum absolute atomic E-state index is 6.02. The second-order valence-electron chi connectivity index (χ2n) is 3.60. The number of nitrogens with two attached hydrogens (primary N) is 1. The summed E-state index contributed by atoms with van der Waals surface area (Å²) in [5.41, 5.74) is 6.91. The molecule has 0 aromatic heterocycles. The van der Waals surface area contributed by atoms with E-state index in [1.807, 2.05) is 13.8 Å². The van der Waals surface area contributed by atoms with Crippen LogP contribution in [0.25, 0.3) is 0 Å². The van der Waals surface area contributed by atoms with Gasteiger partial charge in [0, 0.05) is 14.9 Å². The van der Waals surface area contributed by atoms with Crippen LogP contribution < -0.4 is 5.73 Å². The van der Waals surface area contributed by atoms with Crippen LogP contribution >= 0.6 is 27.7 Å². The van der Waals surface area contributed by atoms with Gasteiger partial charge in [-0.25, -0.2) is 0 Å². The minimum absolute atomic E-state index is 0.270. The molecule has 0 saturated carbocycles. The van der Waals surface area contributed by atoms with Crippen molar-refractivity contribution in [3.05, 3.63) is 28.2 Å². The fraction of sp³-hybridized carbons (Fsp3) is 0.400. The number of hydrogen-bond acceptors (Lipinski definition) is 2. The summed E-state index contributed by atoms with van der Waals surface area (Å²) in [6.07, 6.45) is 2.06. The van der Waals surface area contributed by atoms with Crippen LogP contribution in [0.5, 0.6) is 0 Å². The van der Waals surface area contributed by atoms with E-state index in [0.717, 1.165) is 10.0 Å². The maximum atomic E-state index is 6.02. The van der Waals surface area contributed by atoms with Crippen LogP contribution in [0, 0.1) is 0 Å². The molecule has 0 bridgehead atoms. The van der Waals surface area contributed by atoms with Gasteiger partial charge in [-0.05, 0) is 43.9 Å². The quantitative estimate of drug-likeness (QED) is 0.825.